The van der Waals surface area contributed by atoms with Crippen molar-refractivity contribution in [2.24, 2.45) is 0 Å². The topological polar surface area (TPSA) is 66.1 Å². The van der Waals surface area contributed by atoms with Gasteiger partial charge in [-0.3, -0.25) is 4.90 Å². The molecule has 0 radical (unpaired) electrons. The maximum absolute atomic E-state index is 12.6. The quantitative estimate of drug-likeness (QED) is 0.300. The van der Waals surface area contributed by atoms with Crippen molar-refractivity contribution >= 4 is 20.9 Å². The van der Waals surface area contributed by atoms with Gasteiger partial charge in [-0.15, -0.1) is 0 Å². The van der Waals surface area contributed by atoms with E-state index in [1.54, 1.807) is 12.1 Å². The number of fused-ring (bicyclic) bond motifs is 2. The van der Waals surface area contributed by atoms with Gasteiger partial charge in [0.25, 0.3) is 0 Å². The Labute approximate surface area is 225 Å². The largest absolute Gasteiger partial charge is 0.346 e. The number of aryl methyl sites for hydroxylation is 2. The van der Waals surface area contributed by atoms with E-state index in [2.05, 4.69) is 41.1 Å². The van der Waals surface area contributed by atoms with Crippen molar-refractivity contribution < 1.29 is 8.42 Å². The number of hydrogen-bond donors (Lipinski definition) is 1. The van der Waals surface area contributed by atoms with E-state index in [1.807, 2.05) is 24.5 Å². The second kappa shape index (κ2) is 9.06. The van der Waals surface area contributed by atoms with E-state index in [0.717, 1.165) is 53.4 Å². The van der Waals surface area contributed by atoms with Gasteiger partial charge in [0.05, 0.1) is 10.1 Å². The summed E-state index contributed by atoms with van der Waals surface area (Å²) >= 11 is 0. The van der Waals surface area contributed by atoms with Gasteiger partial charge in [-0.2, -0.15) is 0 Å². The van der Waals surface area contributed by atoms with Crippen molar-refractivity contribution in [2.75, 3.05) is 13.1 Å². The van der Waals surface area contributed by atoms with E-state index >= 15 is 0 Å². The number of nitrogens with one attached hydrogen (secondary N) is 1. The first-order chi connectivity index (χ1) is 18.4. The van der Waals surface area contributed by atoms with Crippen LogP contribution in [-0.2, 0) is 22.7 Å². The van der Waals surface area contributed by atoms with E-state index in [4.69, 9.17) is 4.98 Å². The number of sulfone groups is 1. The van der Waals surface area contributed by atoms with Gasteiger partial charge in [-0.05, 0) is 112 Å². The van der Waals surface area contributed by atoms with Crippen LogP contribution in [0, 0.1) is 0 Å². The number of likely N-dealkylation sites (tertiary alicyclic amines) is 1. The first kappa shape index (κ1) is 24.1. The molecule has 38 heavy (non-hydrogen) atoms. The molecule has 2 fully saturated rings. The lowest BCUT2D eigenvalue weighted by molar-refractivity contribution is 0.118. The molecule has 3 aliphatic rings. The minimum atomic E-state index is -3.18. The Morgan fingerprint density at radius 2 is 1.61 bits per heavy atom. The molecular weight excluding hydrogens is 490 g/mol. The van der Waals surface area contributed by atoms with E-state index in [9.17, 15) is 8.42 Å². The number of nitrogens with zero attached hydrogens (tertiary/aromatic N) is 2. The van der Waals surface area contributed by atoms with Crippen LogP contribution in [0.3, 0.4) is 0 Å². The second-order valence-corrected chi connectivity index (χ2v) is 14.0. The Kier molecular flexibility index (Phi) is 5.75. The molecule has 4 aromatic rings. The van der Waals surface area contributed by atoms with Crippen molar-refractivity contribution in [3.63, 3.8) is 0 Å². The molecule has 1 N–H and O–H groups in total. The summed E-state index contributed by atoms with van der Waals surface area (Å²) in [5.74, 6) is 0. The molecular formula is C32H35N3O2S. The summed E-state index contributed by atoms with van der Waals surface area (Å²) in [5, 5.41) is 0.861. The molecule has 1 atom stereocenters. The normalized spacial score (nSPS) is 22.4. The fourth-order valence-electron chi connectivity index (χ4n) is 6.58. The van der Waals surface area contributed by atoms with E-state index in [1.165, 1.54) is 55.5 Å². The molecule has 1 saturated carbocycles. The standard InChI is InChI=1S/C32H35N3O2S/c1-32(35-16-2-3-17-35)14-12-22-4-5-24(18-25(22)13-15-32)26-19-29-30(21-34-31(29)33-20-26)23-6-8-27(9-7-23)38(36,37)28-10-11-28/h4-9,18-21,28H,2-3,10-17H2,1H3,(H,33,34). The average molecular weight is 526 g/mol. The van der Waals surface area contributed by atoms with Gasteiger partial charge in [0, 0.05) is 34.4 Å². The molecule has 0 spiro atoms. The predicted octanol–water partition coefficient (Wildman–Crippen LogP) is 6.57. The molecule has 1 aliphatic heterocycles. The minimum Gasteiger partial charge on any atom is -0.346 e. The van der Waals surface area contributed by atoms with E-state index in [0.29, 0.717) is 10.4 Å². The van der Waals surface area contributed by atoms with Crippen molar-refractivity contribution in [1.29, 1.82) is 0 Å². The van der Waals surface area contributed by atoms with Crippen LogP contribution >= 0.6 is 0 Å². The Bertz CT molecular complexity index is 1610. The molecule has 3 heterocycles. The number of pyridine rings is 1. The first-order valence-electron chi connectivity index (χ1n) is 14.1. The van der Waals surface area contributed by atoms with Gasteiger partial charge in [0.2, 0.25) is 0 Å². The van der Waals surface area contributed by atoms with Gasteiger partial charge in [-0.25, -0.2) is 13.4 Å². The van der Waals surface area contributed by atoms with Crippen LogP contribution in [0.1, 0.15) is 56.6 Å². The average Bonchev–Trinajstić information content (AvgIpc) is 3.55. The van der Waals surface area contributed by atoms with Crippen molar-refractivity contribution in [3.05, 3.63) is 72.1 Å². The van der Waals surface area contributed by atoms with E-state index in [-0.39, 0.29) is 5.25 Å². The summed E-state index contributed by atoms with van der Waals surface area (Å²) in [5.41, 5.74) is 8.48. The molecule has 6 heteroatoms. The highest BCUT2D eigenvalue weighted by atomic mass is 32.2. The summed E-state index contributed by atoms with van der Waals surface area (Å²) in [6.45, 7) is 4.98. The van der Waals surface area contributed by atoms with Gasteiger partial charge in [0.15, 0.2) is 9.84 Å². The van der Waals surface area contributed by atoms with Crippen LogP contribution in [-0.4, -0.2) is 47.2 Å². The third-order valence-corrected chi connectivity index (χ3v) is 11.5. The van der Waals surface area contributed by atoms with Gasteiger partial charge >= 0.3 is 0 Å². The van der Waals surface area contributed by atoms with Gasteiger partial charge in [-0.1, -0.05) is 30.3 Å². The highest BCUT2D eigenvalue weighted by Gasteiger charge is 2.37. The zero-order valence-electron chi connectivity index (χ0n) is 22.0. The molecule has 0 bridgehead atoms. The fraction of sp³-hybridized carbons (Fsp3) is 0.406. The summed E-state index contributed by atoms with van der Waals surface area (Å²) in [4.78, 5) is 11.2. The van der Waals surface area contributed by atoms with Crippen LogP contribution in [0.2, 0.25) is 0 Å². The predicted molar refractivity (Wildman–Crippen MR) is 153 cm³/mol. The van der Waals surface area contributed by atoms with Crippen LogP contribution in [0.25, 0.3) is 33.3 Å². The molecule has 7 rings (SSSR count). The minimum absolute atomic E-state index is 0.192. The number of H-pyrrole nitrogens is 1. The lowest BCUT2D eigenvalue weighted by Gasteiger charge is -2.38. The summed E-state index contributed by atoms with van der Waals surface area (Å²) < 4.78 is 25.2. The highest BCUT2D eigenvalue weighted by molar-refractivity contribution is 7.92. The molecule has 2 aromatic heterocycles. The number of rotatable bonds is 5. The number of hydrogen-bond acceptors (Lipinski definition) is 4. The highest BCUT2D eigenvalue weighted by Crippen LogP contribution is 2.38. The zero-order chi connectivity index (χ0) is 25.9. The van der Waals surface area contributed by atoms with E-state index < -0.39 is 9.84 Å². The Hall–Kier alpha value is -2.96. The smallest absolute Gasteiger partial charge is 0.181 e. The zero-order valence-corrected chi connectivity index (χ0v) is 22.9. The molecule has 2 aromatic carbocycles. The SMILES string of the molecule is CC1(N2CCCC2)CCc2ccc(-c3cnc4[nH]cc(-c5ccc(S(=O)(=O)C6CC6)cc5)c4c3)cc2CC1. The summed E-state index contributed by atoms with van der Waals surface area (Å²) in [7, 11) is -3.18. The van der Waals surface area contributed by atoms with Gasteiger partial charge < -0.3 is 4.98 Å². The molecule has 1 unspecified atom stereocenters. The monoisotopic (exact) mass is 525 g/mol. The second-order valence-electron chi connectivity index (χ2n) is 11.8. The maximum atomic E-state index is 12.6. The Morgan fingerprint density at radius 3 is 2.34 bits per heavy atom. The van der Waals surface area contributed by atoms with Crippen LogP contribution in [0.5, 0.6) is 0 Å². The molecule has 1 saturated heterocycles. The summed E-state index contributed by atoms with van der Waals surface area (Å²) in [6.07, 6.45) is 12.9. The maximum Gasteiger partial charge on any atom is 0.181 e. The van der Waals surface area contributed by atoms with Crippen molar-refractivity contribution in [3.8, 4) is 22.3 Å². The number of aromatic amines is 1. The molecule has 2 aliphatic carbocycles. The molecule has 5 nitrogen and oxygen atoms in total. The Balaban J connectivity index is 1.18. The third kappa shape index (κ3) is 4.18. The lowest BCUT2D eigenvalue weighted by atomic mass is 9.90. The van der Waals surface area contributed by atoms with Crippen LogP contribution < -0.4 is 0 Å². The van der Waals surface area contributed by atoms with Gasteiger partial charge in [0.1, 0.15) is 5.65 Å². The number of aromatic nitrogens is 2. The first-order valence-corrected chi connectivity index (χ1v) is 15.6. The fourth-order valence-corrected chi connectivity index (χ4v) is 8.24. The third-order valence-electron chi connectivity index (χ3n) is 9.26. The Morgan fingerprint density at radius 1 is 0.895 bits per heavy atom. The lowest BCUT2D eigenvalue weighted by Crippen LogP contribution is -2.44. The molecule has 0 amide bonds. The van der Waals surface area contributed by atoms with Crippen molar-refractivity contribution in [1.82, 2.24) is 14.9 Å². The van der Waals surface area contributed by atoms with Crippen LogP contribution in [0.15, 0.2) is 65.8 Å². The van der Waals surface area contributed by atoms with Crippen LogP contribution in [0.4, 0.5) is 0 Å². The molecule has 196 valence electrons. The van der Waals surface area contributed by atoms with Crippen molar-refractivity contribution in [2.45, 2.75) is 74.0 Å². The number of benzene rings is 2. The summed E-state index contributed by atoms with van der Waals surface area (Å²) in [6, 6.07) is 16.5.